The molecule has 0 N–H and O–H groups in total. The van der Waals surface area contributed by atoms with Gasteiger partial charge in [-0.05, 0) is 20.8 Å². The summed E-state index contributed by atoms with van der Waals surface area (Å²) < 4.78 is 30.1. The summed E-state index contributed by atoms with van der Waals surface area (Å²) in [7, 11) is -3.39. The second-order valence-electron chi connectivity index (χ2n) is 3.48. The first-order valence-corrected chi connectivity index (χ1v) is 5.00. The van der Waals surface area contributed by atoms with Crippen molar-refractivity contribution >= 4 is 16.2 Å². The molecule has 12 heavy (non-hydrogen) atoms. The van der Waals surface area contributed by atoms with Crippen molar-refractivity contribution in [2.75, 3.05) is 0 Å². The largest absolute Gasteiger partial charge is 0.486 e. The molecule has 0 amide bonds. The molecule has 68 valence electrons. The summed E-state index contributed by atoms with van der Waals surface area (Å²) in [5.41, 5.74) is -0.391. The lowest BCUT2D eigenvalue weighted by atomic mass is 10.2. The monoisotopic (exact) mass is 189 g/mol. The molecule has 0 aromatic heterocycles. The third-order valence-electron chi connectivity index (χ3n) is 1.02. The van der Waals surface area contributed by atoms with E-state index >= 15 is 0 Å². The van der Waals surface area contributed by atoms with Crippen LogP contribution in [0, 0.1) is 0 Å². The van der Waals surface area contributed by atoms with Gasteiger partial charge in [0.1, 0.15) is 5.60 Å². The summed E-state index contributed by atoms with van der Waals surface area (Å²) in [6.45, 7) is 5.52. The van der Waals surface area contributed by atoms with Gasteiger partial charge in [0.15, 0.2) is 5.76 Å². The van der Waals surface area contributed by atoms with E-state index in [0.29, 0.717) is 5.76 Å². The van der Waals surface area contributed by atoms with Crippen molar-refractivity contribution in [1.29, 1.82) is 0 Å². The Hall–Kier alpha value is -0.840. The lowest BCUT2D eigenvalue weighted by molar-refractivity contribution is 0.0660. The number of rotatable bonds is 1. The van der Waals surface area contributed by atoms with E-state index in [9.17, 15) is 8.42 Å². The summed E-state index contributed by atoms with van der Waals surface area (Å²) >= 11 is 0. The second-order valence-corrected chi connectivity index (χ2v) is 4.96. The fourth-order valence-electron chi connectivity index (χ4n) is 0.737. The molecule has 1 rings (SSSR count). The van der Waals surface area contributed by atoms with Crippen molar-refractivity contribution in [3.8, 4) is 0 Å². The lowest BCUT2D eigenvalue weighted by Gasteiger charge is -2.19. The van der Waals surface area contributed by atoms with Crippen molar-refractivity contribution in [2.45, 2.75) is 26.4 Å². The van der Waals surface area contributed by atoms with Gasteiger partial charge in [0, 0.05) is 0 Å². The SMILES string of the molecule is CC(C)(C)OC1=CS(=O)(=O)N=C1. The Kier molecular flexibility index (Phi) is 1.99. The van der Waals surface area contributed by atoms with Crippen molar-refractivity contribution in [3.05, 3.63) is 11.2 Å². The van der Waals surface area contributed by atoms with Crippen LogP contribution in [0.5, 0.6) is 0 Å². The molecule has 1 aliphatic heterocycles. The average molecular weight is 189 g/mol. The summed E-state index contributed by atoms with van der Waals surface area (Å²) in [6, 6.07) is 0. The molecule has 1 aliphatic rings. The second kappa shape index (κ2) is 2.58. The molecule has 4 nitrogen and oxygen atoms in total. The molecule has 0 radical (unpaired) electrons. The molecule has 5 heteroatoms. The maximum Gasteiger partial charge on any atom is 0.279 e. The maximum absolute atomic E-state index is 10.8. The molecule has 1 heterocycles. The van der Waals surface area contributed by atoms with Crippen LogP contribution in [0.25, 0.3) is 0 Å². The molecule has 0 unspecified atom stereocenters. The van der Waals surface area contributed by atoms with E-state index < -0.39 is 15.6 Å². The molecule has 0 aliphatic carbocycles. The first-order chi connectivity index (χ1) is 5.29. The number of ether oxygens (including phenoxy) is 1. The van der Waals surface area contributed by atoms with Crippen molar-refractivity contribution in [2.24, 2.45) is 4.40 Å². The quantitative estimate of drug-likeness (QED) is 0.619. The Morgan fingerprint density at radius 1 is 1.42 bits per heavy atom. The van der Waals surface area contributed by atoms with E-state index in [1.165, 1.54) is 6.21 Å². The van der Waals surface area contributed by atoms with Gasteiger partial charge < -0.3 is 4.74 Å². The predicted octanol–water partition coefficient (Wildman–Crippen LogP) is 1.06. The standard InChI is InChI=1S/C7H11NO3S/c1-7(2,3)11-6-4-8-12(9,10)5-6/h4-5H,1-3H3. The van der Waals surface area contributed by atoms with E-state index in [4.69, 9.17) is 4.74 Å². The summed E-state index contributed by atoms with van der Waals surface area (Å²) in [6.07, 6.45) is 1.21. The van der Waals surface area contributed by atoms with E-state index in [1.54, 1.807) is 0 Å². The molecular weight excluding hydrogens is 178 g/mol. The molecule has 0 bridgehead atoms. The minimum atomic E-state index is -3.39. The summed E-state index contributed by atoms with van der Waals surface area (Å²) in [4.78, 5) is 0. The first-order valence-electron chi connectivity index (χ1n) is 3.50. The fourth-order valence-corrected chi connectivity index (χ4v) is 1.45. The summed E-state index contributed by atoms with van der Waals surface area (Å²) in [5, 5.41) is 1.01. The number of hydrogen-bond donors (Lipinski definition) is 0. The Bertz CT molecular complexity index is 332. The minimum absolute atomic E-state index is 0.294. The van der Waals surface area contributed by atoms with E-state index in [2.05, 4.69) is 4.40 Å². The maximum atomic E-state index is 10.8. The topological polar surface area (TPSA) is 55.7 Å². The Labute approximate surface area is 72.0 Å². The molecule has 0 saturated carbocycles. The third kappa shape index (κ3) is 2.65. The molecular formula is C7H11NO3S. The number of allylic oxidation sites excluding steroid dienone is 1. The highest BCUT2D eigenvalue weighted by Gasteiger charge is 2.19. The van der Waals surface area contributed by atoms with E-state index in [1.807, 2.05) is 20.8 Å². The van der Waals surface area contributed by atoms with Crippen LogP contribution < -0.4 is 0 Å². The summed E-state index contributed by atoms with van der Waals surface area (Å²) in [5.74, 6) is 0.294. The first kappa shape index (κ1) is 9.25. The van der Waals surface area contributed by atoms with Crippen molar-refractivity contribution in [3.63, 3.8) is 0 Å². The van der Waals surface area contributed by atoms with Crippen LogP contribution in [0.3, 0.4) is 0 Å². The lowest BCUT2D eigenvalue weighted by Crippen LogP contribution is -2.18. The highest BCUT2D eigenvalue weighted by molar-refractivity contribution is 7.93. The molecule has 0 aromatic rings. The van der Waals surface area contributed by atoms with Gasteiger partial charge in [-0.25, -0.2) is 0 Å². The Morgan fingerprint density at radius 2 is 2.00 bits per heavy atom. The normalized spacial score (nSPS) is 20.8. The van der Waals surface area contributed by atoms with Crippen LogP contribution in [0.2, 0.25) is 0 Å². The van der Waals surface area contributed by atoms with Crippen LogP contribution in [0.15, 0.2) is 15.6 Å². The number of hydrogen-bond acceptors (Lipinski definition) is 3. The zero-order valence-electron chi connectivity index (χ0n) is 7.23. The van der Waals surface area contributed by atoms with Gasteiger partial charge in [-0.2, -0.15) is 12.8 Å². The minimum Gasteiger partial charge on any atom is -0.486 e. The van der Waals surface area contributed by atoms with E-state index in [-0.39, 0.29) is 0 Å². The third-order valence-corrected chi connectivity index (χ3v) is 1.95. The van der Waals surface area contributed by atoms with Crippen molar-refractivity contribution < 1.29 is 13.2 Å². The van der Waals surface area contributed by atoms with Gasteiger partial charge in [0.25, 0.3) is 10.0 Å². The molecule has 0 spiro atoms. The smallest absolute Gasteiger partial charge is 0.279 e. The zero-order valence-corrected chi connectivity index (χ0v) is 8.05. The number of nitrogens with zero attached hydrogens (tertiary/aromatic N) is 1. The van der Waals surface area contributed by atoms with Gasteiger partial charge in [-0.3, -0.25) is 0 Å². The molecule has 0 saturated heterocycles. The van der Waals surface area contributed by atoms with E-state index in [0.717, 1.165) is 5.41 Å². The molecule has 0 fully saturated rings. The average Bonchev–Trinajstić information content (AvgIpc) is 2.05. The molecule has 0 atom stereocenters. The van der Waals surface area contributed by atoms with Crippen LogP contribution >= 0.6 is 0 Å². The van der Waals surface area contributed by atoms with Crippen molar-refractivity contribution in [1.82, 2.24) is 0 Å². The Balaban J connectivity index is 2.78. The van der Waals surface area contributed by atoms with Crippen LogP contribution in [0.1, 0.15) is 20.8 Å². The van der Waals surface area contributed by atoms with Crippen LogP contribution in [-0.4, -0.2) is 20.2 Å². The van der Waals surface area contributed by atoms with Crippen LogP contribution in [0.4, 0.5) is 0 Å². The number of sulfonamides is 1. The van der Waals surface area contributed by atoms with Gasteiger partial charge >= 0.3 is 0 Å². The van der Waals surface area contributed by atoms with Gasteiger partial charge in [0.2, 0.25) is 0 Å². The highest BCUT2D eigenvalue weighted by Crippen LogP contribution is 2.17. The Morgan fingerprint density at radius 3 is 2.33 bits per heavy atom. The molecule has 0 aromatic carbocycles. The fraction of sp³-hybridized carbons (Fsp3) is 0.571. The van der Waals surface area contributed by atoms with Crippen LogP contribution in [-0.2, 0) is 14.8 Å². The predicted molar refractivity (Wildman–Crippen MR) is 46.3 cm³/mol. The zero-order chi connectivity index (χ0) is 9.41. The van der Waals surface area contributed by atoms with Gasteiger partial charge in [0.05, 0.1) is 11.6 Å². The highest BCUT2D eigenvalue weighted by atomic mass is 32.2. The van der Waals surface area contributed by atoms with Gasteiger partial charge in [-0.1, -0.05) is 0 Å². The van der Waals surface area contributed by atoms with Gasteiger partial charge in [-0.15, -0.1) is 0 Å².